The number of ether oxygens (including phenoxy) is 1. The average molecular weight is 210 g/mol. The van der Waals surface area contributed by atoms with Crippen LogP contribution in [0.2, 0.25) is 0 Å². The number of aromatic amines is 1. The van der Waals surface area contributed by atoms with Crippen molar-refractivity contribution in [1.29, 1.82) is 0 Å². The maximum Gasteiger partial charge on any atom is 0.360 e. The first-order valence-electron chi connectivity index (χ1n) is 4.98. The molecule has 1 fully saturated rings. The molecule has 15 heavy (non-hydrogen) atoms. The fourth-order valence-electron chi connectivity index (χ4n) is 1.74. The van der Waals surface area contributed by atoms with E-state index in [2.05, 4.69) is 20.1 Å². The number of hydrogen-bond acceptors (Lipinski definition) is 5. The first-order chi connectivity index (χ1) is 7.24. The molecule has 6 heteroatoms. The molecular formula is C9H14N4O2. The van der Waals surface area contributed by atoms with E-state index in [-0.39, 0.29) is 11.7 Å². The van der Waals surface area contributed by atoms with Gasteiger partial charge in [0.15, 0.2) is 5.69 Å². The van der Waals surface area contributed by atoms with E-state index in [0.717, 1.165) is 12.8 Å². The van der Waals surface area contributed by atoms with Crippen LogP contribution < -0.4 is 5.73 Å². The van der Waals surface area contributed by atoms with Crippen molar-refractivity contribution in [1.82, 2.24) is 15.4 Å². The van der Waals surface area contributed by atoms with Crippen molar-refractivity contribution in [3.63, 3.8) is 0 Å². The number of nitrogens with zero attached hydrogens (tertiary/aromatic N) is 2. The van der Waals surface area contributed by atoms with Gasteiger partial charge < -0.3 is 10.5 Å². The van der Waals surface area contributed by atoms with Gasteiger partial charge >= 0.3 is 5.97 Å². The van der Waals surface area contributed by atoms with Crippen molar-refractivity contribution in [3.8, 4) is 0 Å². The highest BCUT2D eigenvalue weighted by Gasteiger charge is 2.31. The molecule has 0 bridgehead atoms. The van der Waals surface area contributed by atoms with Gasteiger partial charge in [0.25, 0.3) is 0 Å². The predicted octanol–water partition coefficient (Wildman–Crippen LogP) is 0.391. The molecule has 1 heterocycles. The van der Waals surface area contributed by atoms with Gasteiger partial charge in [-0.2, -0.15) is 10.3 Å². The maximum atomic E-state index is 11.3. The van der Waals surface area contributed by atoms with Gasteiger partial charge in [0.05, 0.1) is 13.2 Å². The number of nitrogens with one attached hydrogen (secondary N) is 1. The van der Waals surface area contributed by atoms with E-state index in [1.54, 1.807) is 0 Å². The average Bonchev–Trinajstić information content (AvgIpc) is 2.62. The molecule has 1 aliphatic carbocycles. The molecule has 1 unspecified atom stereocenters. The van der Waals surface area contributed by atoms with Crippen molar-refractivity contribution >= 4 is 5.97 Å². The number of hydrogen-bond donors (Lipinski definition) is 2. The lowest BCUT2D eigenvalue weighted by atomic mass is 9.78. The van der Waals surface area contributed by atoms with Crippen LogP contribution in [-0.4, -0.2) is 28.5 Å². The summed E-state index contributed by atoms with van der Waals surface area (Å²) in [7, 11) is 1.32. The summed E-state index contributed by atoms with van der Waals surface area (Å²) in [5.74, 6) is -0.0768. The third-order valence-corrected chi connectivity index (χ3v) is 2.93. The molecule has 3 N–H and O–H groups in total. The lowest BCUT2D eigenvalue weighted by Gasteiger charge is -2.30. The highest BCUT2D eigenvalue weighted by molar-refractivity contribution is 5.88. The van der Waals surface area contributed by atoms with Crippen LogP contribution in [0.15, 0.2) is 0 Å². The number of rotatable bonds is 3. The smallest absolute Gasteiger partial charge is 0.360 e. The summed E-state index contributed by atoms with van der Waals surface area (Å²) in [4.78, 5) is 11.3. The van der Waals surface area contributed by atoms with Crippen LogP contribution in [0.3, 0.4) is 0 Å². The van der Waals surface area contributed by atoms with Gasteiger partial charge in [0, 0.05) is 0 Å². The number of esters is 1. The summed E-state index contributed by atoms with van der Waals surface area (Å²) in [6.07, 6.45) is 3.38. The van der Waals surface area contributed by atoms with Crippen LogP contribution >= 0.6 is 0 Å². The molecule has 1 atom stereocenters. The van der Waals surface area contributed by atoms with Crippen LogP contribution in [0, 0.1) is 5.92 Å². The van der Waals surface area contributed by atoms with Crippen LogP contribution in [0.5, 0.6) is 0 Å². The normalized spacial score (nSPS) is 18.3. The molecule has 82 valence electrons. The number of aromatic nitrogens is 3. The molecule has 0 aliphatic heterocycles. The molecule has 2 rings (SSSR count). The van der Waals surface area contributed by atoms with Gasteiger partial charge in [-0.1, -0.05) is 6.42 Å². The van der Waals surface area contributed by atoms with E-state index < -0.39 is 5.97 Å². The SMILES string of the molecule is COC(=O)c1n[nH]nc1C(N)C1CCC1. The molecule has 0 spiro atoms. The van der Waals surface area contributed by atoms with Gasteiger partial charge in [-0.05, 0) is 18.8 Å². The lowest BCUT2D eigenvalue weighted by molar-refractivity contribution is 0.0591. The zero-order valence-corrected chi connectivity index (χ0v) is 8.56. The van der Waals surface area contributed by atoms with Crippen LogP contribution in [0.4, 0.5) is 0 Å². The van der Waals surface area contributed by atoms with E-state index in [1.165, 1.54) is 13.5 Å². The summed E-state index contributed by atoms with van der Waals surface area (Å²) in [5.41, 5.74) is 6.73. The third-order valence-electron chi connectivity index (χ3n) is 2.93. The van der Waals surface area contributed by atoms with E-state index in [1.807, 2.05) is 0 Å². The Kier molecular flexibility index (Phi) is 2.68. The third kappa shape index (κ3) is 1.72. The summed E-state index contributed by atoms with van der Waals surface area (Å²) < 4.78 is 4.60. The Morgan fingerprint density at radius 3 is 2.87 bits per heavy atom. The Bertz CT molecular complexity index is 359. The van der Waals surface area contributed by atoms with Crippen molar-refractivity contribution in [2.75, 3.05) is 7.11 Å². The summed E-state index contributed by atoms with van der Waals surface area (Å²) in [6.45, 7) is 0. The first-order valence-corrected chi connectivity index (χ1v) is 4.98. The van der Waals surface area contributed by atoms with Gasteiger partial charge in [0.1, 0.15) is 5.69 Å². The Balaban J connectivity index is 2.19. The Hall–Kier alpha value is -1.43. The molecule has 1 aliphatic rings. The standard InChI is InChI=1S/C9H14N4O2/c1-15-9(14)8-7(11-13-12-8)6(10)5-3-2-4-5/h5-6H,2-4,10H2,1H3,(H,11,12,13). The van der Waals surface area contributed by atoms with Crippen molar-refractivity contribution in [2.24, 2.45) is 11.7 Å². The minimum atomic E-state index is -0.492. The van der Waals surface area contributed by atoms with Crippen molar-refractivity contribution in [2.45, 2.75) is 25.3 Å². The summed E-state index contributed by atoms with van der Waals surface area (Å²) >= 11 is 0. The second-order valence-corrected chi connectivity index (χ2v) is 3.77. The summed E-state index contributed by atoms with van der Waals surface area (Å²) in [5, 5.41) is 10.1. The first kappa shape index (κ1) is 10.1. The number of carbonyl (C=O) groups excluding carboxylic acids is 1. The molecule has 1 aromatic rings. The molecule has 1 saturated carbocycles. The number of methoxy groups -OCH3 is 1. The zero-order chi connectivity index (χ0) is 10.8. The topological polar surface area (TPSA) is 93.9 Å². The molecule has 0 saturated heterocycles. The number of nitrogens with two attached hydrogens (primary N) is 1. The van der Waals surface area contributed by atoms with E-state index in [4.69, 9.17) is 5.73 Å². The molecule has 1 aromatic heterocycles. The maximum absolute atomic E-state index is 11.3. The predicted molar refractivity (Wildman–Crippen MR) is 52.0 cm³/mol. The number of carbonyl (C=O) groups is 1. The van der Waals surface area contributed by atoms with E-state index in [0.29, 0.717) is 11.6 Å². The van der Waals surface area contributed by atoms with Crippen LogP contribution in [0.1, 0.15) is 41.5 Å². The largest absolute Gasteiger partial charge is 0.464 e. The molecular weight excluding hydrogens is 196 g/mol. The molecule has 0 radical (unpaired) electrons. The fraction of sp³-hybridized carbons (Fsp3) is 0.667. The number of H-pyrrole nitrogens is 1. The lowest BCUT2D eigenvalue weighted by Crippen LogP contribution is -2.28. The summed E-state index contributed by atoms with van der Waals surface area (Å²) in [6, 6.07) is -0.216. The van der Waals surface area contributed by atoms with E-state index in [9.17, 15) is 4.79 Å². The zero-order valence-electron chi connectivity index (χ0n) is 8.56. The van der Waals surface area contributed by atoms with Gasteiger partial charge in [-0.25, -0.2) is 4.79 Å². The van der Waals surface area contributed by atoms with Crippen LogP contribution in [-0.2, 0) is 4.74 Å². The van der Waals surface area contributed by atoms with Gasteiger partial charge in [-0.3, -0.25) is 0 Å². The highest BCUT2D eigenvalue weighted by atomic mass is 16.5. The van der Waals surface area contributed by atoms with Crippen LogP contribution in [0.25, 0.3) is 0 Å². The Labute approximate surface area is 87.2 Å². The Morgan fingerprint density at radius 1 is 1.60 bits per heavy atom. The minimum Gasteiger partial charge on any atom is -0.464 e. The minimum absolute atomic E-state index is 0.205. The van der Waals surface area contributed by atoms with Crippen molar-refractivity contribution < 1.29 is 9.53 Å². The molecule has 0 aromatic carbocycles. The van der Waals surface area contributed by atoms with Gasteiger partial charge in [0.2, 0.25) is 0 Å². The Morgan fingerprint density at radius 2 is 2.33 bits per heavy atom. The molecule has 0 amide bonds. The van der Waals surface area contributed by atoms with E-state index >= 15 is 0 Å². The fourth-order valence-corrected chi connectivity index (χ4v) is 1.74. The highest BCUT2D eigenvalue weighted by Crippen LogP contribution is 2.36. The monoisotopic (exact) mass is 210 g/mol. The quantitative estimate of drug-likeness (QED) is 0.704. The van der Waals surface area contributed by atoms with Crippen molar-refractivity contribution in [3.05, 3.63) is 11.4 Å². The second-order valence-electron chi connectivity index (χ2n) is 3.77. The molecule has 6 nitrogen and oxygen atoms in total. The van der Waals surface area contributed by atoms with Gasteiger partial charge in [-0.15, -0.1) is 5.10 Å². The second kappa shape index (κ2) is 3.98.